The summed E-state index contributed by atoms with van der Waals surface area (Å²) in [4.78, 5) is 16.2. The molecule has 2 aromatic heterocycles. The molecule has 0 aromatic carbocycles. The summed E-state index contributed by atoms with van der Waals surface area (Å²) in [5.74, 6) is 0.0384. The summed E-state index contributed by atoms with van der Waals surface area (Å²) in [6.45, 7) is 1.97. The van der Waals surface area contributed by atoms with Crippen LogP contribution < -0.4 is 11.5 Å². The number of aromatic amines is 1. The minimum Gasteiger partial charge on any atom is -0.462 e. The van der Waals surface area contributed by atoms with Gasteiger partial charge in [-0.3, -0.25) is 0 Å². The first-order valence-electron chi connectivity index (χ1n) is 5.85. The average Bonchev–Trinajstić information content (AvgIpc) is 3.00. The van der Waals surface area contributed by atoms with E-state index in [0.29, 0.717) is 31.9 Å². The molecule has 110 valence electrons. The highest BCUT2D eigenvalue weighted by Crippen LogP contribution is 2.34. The molecule has 0 aliphatic rings. The summed E-state index contributed by atoms with van der Waals surface area (Å²) < 4.78 is 4.98. The van der Waals surface area contributed by atoms with E-state index >= 15 is 0 Å². The number of H-pyrrole nitrogens is 1. The highest BCUT2D eigenvalue weighted by molar-refractivity contribution is 7.98. The molecule has 5 N–H and O–H groups in total. The quantitative estimate of drug-likeness (QED) is 0.552. The van der Waals surface area contributed by atoms with E-state index in [1.165, 1.54) is 11.8 Å². The lowest BCUT2D eigenvalue weighted by atomic mass is 10.2. The summed E-state index contributed by atoms with van der Waals surface area (Å²) in [6, 6.07) is 2.01. The number of rotatable bonds is 5. The van der Waals surface area contributed by atoms with Crippen LogP contribution in [0.5, 0.6) is 0 Å². The van der Waals surface area contributed by atoms with Gasteiger partial charge in [0.2, 0.25) is 11.1 Å². The zero-order valence-electron chi connectivity index (χ0n) is 11.0. The van der Waals surface area contributed by atoms with Crippen molar-refractivity contribution in [1.29, 1.82) is 5.26 Å². The minimum atomic E-state index is -0.485. The van der Waals surface area contributed by atoms with Crippen LogP contribution in [0.1, 0.15) is 27.7 Å². The molecule has 0 aliphatic heterocycles. The van der Waals surface area contributed by atoms with Gasteiger partial charge in [0.1, 0.15) is 15.9 Å². The van der Waals surface area contributed by atoms with Crippen molar-refractivity contribution >= 4 is 40.0 Å². The van der Waals surface area contributed by atoms with Crippen molar-refractivity contribution in [3.63, 3.8) is 0 Å². The molecule has 0 fully saturated rings. The van der Waals surface area contributed by atoms with Crippen molar-refractivity contribution in [3.8, 4) is 6.07 Å². The molecule has 0 amide bonds. The number of carbonyl (C=O) groups excluding carboxylic acids is 1. The highest BCUT2D eigenvalue weighted by Gasteiger charge is 2.23. The highest BCUT2D eigenvalue weighted by atomic mass is 32.2. The number of hydrogen-bond donors (Lipinski definition) is 3. The second-order valence-corrected chi connectivity index (χ2v) is 5.77. The first-order valence-corrected chi connectivity index (χ1v) is 7.66. The number of nitriles is 1. The molecule has 2 aromatic rings. The van der Waals surface area contributed by atoms with E-state index in [0.717, 1.165) is 11.3 Å². The van der Waals surface area contributed by atoms with Crippen LogP contribution in [0.15, 0.2) is 5.16 Å². The monoisotopic (exact) mass is 324 g/mol. The van der Waals surface area contributed by atoms with E-state index in [4.69, 9.17) is 16.2 Å². The molecule has 8 nitrogen and oxygen atoms in total. The number of thioether (sulfide) groups is 1. The third kappa shape index (κ3) is 3.26. The Morgan fingerprint density at radius 2 is 2.33 bits per heavy atom. The van der Waals surface area contributed by atoms with Crippen molar-refractivity contribution < 1.29 is 9.53 Å². The Labute approximate surface area is 128 Å². The largest absolute Gasteiger partial charge is 0.462 e. The average molecular weight is 324 g/mol. The number of nitrogens with zero attached hydrogens (tertiary/aromatic N) is 3. The normalized spacial score (nSPS) is 10.3. The number of esters is 1. The molecule has 21 heavy (non-hydrogen) atoms. The Hall–Kier alpha value is -2.25. The maximum atomic E-state index is 11.9. The van der Waals surface area contributed by atoms with Gasteiger partial charge >= 0.3 is 5.97 Å². The van der Waals surface area contributed by atoms with Crippen molar-refractivity contribution in [2.75, 3.05) is 18.1 Å². The number of nitrogen functional groups attached to an aromatic ring is 2. The number of hydrogen-bond acceptors (Lipinski definition) is 9. The molecule has 2 rings (SSSR count). The first-order chi connectivity index (χ1) is 10.1. The molecule has 0 aliphatic carbocycles. The molecular formula is C11H12N6O2S2. The second-order valence-electron chi connectivity index (χ2n) is 3.77. The van der Waals surface area contributed by atoms with Crippen LogP contribution in [0.25, 0.3) is 0 Å². The molecule has 0 saturated heterocycles. The van der Waals surface area contributed by atoms with Crippen LogP contribution in [0, 0.1) is 11.3 Å². The fourth-order valence-corrected chi connectivity index (χ4v) is 3.42. The number of anilines is 2. The third-order valence-electron chi connectivity index (χ3n) is 2.43. The number of ether oxygens (including phenoxy) is 1. The van der Waals surface area contributed by atoms with Crippen LogP contribution in [0.2, 0.25) is 0 Å². The van der Waals surface area contributed by atoms with Gasteiger partial charge in [-0.15, -0.1) is 16.4 Å². The Morgan fingerprint density at radius 1 is 1.57 bits per heavy atom. The number of nitrogens with two attached hydrogens (primary N) is 2. The number of aromatic nitrogens is 3. The maximum Gasteiger partial charge on any atom is 0.348 e. The summed E-state index contributed by atoms with van der Waals surface area (Å²) in [5.41, 5.74) is 12.0. The molecule has 2 heterocycles. The van der Waals surface area contributed by atoms with Crippen molar-refractivity contribution in [2.45, 2.75) is 17.8 Å². The van der Waals surface area contributed by atoms with Gasteiger partial charge in [-0.05, 0) is 6.92 Å². The summed E-state index contributed by atoms with van der Waals surface area (Å²) in [5, 5.41) is 16.3. The number of thiophene rings is 1. The zero-order valence-corrected chi connectivity index (χ0v) is 12.7. The molecule has 0 spiro atoms. The Balaban J connectivity index is 2.27. The minimum absolute atomic E-state index is 0.202. The van der Waals surface area contributed by atoms with Crippen molar-refractivity contribution in [1.82, 2.24) is 15.2 Å². The van der Waals surface area contributed by atoms with Crippen molar-refractivity contribution in [2.24, 2.45) is 0 Å². The van der Waals surface area contributed by atoms with Gasteiger partial charge in [0.25, 0.3) is 0 Å². The van der Waals surface area contributed by atoms with Gasteiger partial charge in [0, 0.05) is 11.3 Å². The third-order valence-corrected chi connectivity index (χ3v) is 4.35. The van der Waals surface area contributed by atoms with Gasteiger partial charge < -0.3 is 16.2 Å². The van der Waals surface area contributed by atoms with E-state index in [-0.39, 0.29) is 12.6 Å². The predicted octanol–water partition coefficient (Wildman–Crippen LogP) is 1.37. The Kier molecular flexibility index (Phi) is 4.66. The van der Waals surface area contributed by atoms with E-state index in [1.54, 1.807) is 6.92 Å². The lowest BCUT2D eigenvalue weighted by Gasteiger charge is -2.02. The predicted molar refractivity (Wildman–Crippen MR) is 79.8 cm³/mol. The fourth-order valence-electron chi connectivity index (χ4n) is 1.57. The number of carbonyl (C=O) groups is 1. The molecule has 0 bridgehead atoms. The van der Waals surface area contributed by atoms with Crippen LogP contribution in [-0.4, -0.2) is 27.8 Å². The smallest absolute Gasteiger partial charge is 0.348 e. The number of nitrogens with one attached hydrogen (secondary N) is 1. The van der Waals surface area contributed by atoms with Crippen LogP contribution in [0.4, 0.5) is 10.9 Å². The van der Waals surface area contributed by atoms with E-state index in [2.05, 4.69) is 15.2 Å². The van der Waals surface area contributed by atoms with Gasteiger partial charge in [-0.1, -0.05) is 11.8 Å². The lowest BCUT2D eigenvalue weighted by molar-refractivity contribution is 0.0531. The molecule has 0 atom stereocenters. The molecule has 10 heteroatoms. The van der Waals surface area contributed by atoms with Crippen LogP contribution >= 0.6 is 23.1 Å². The first kappa shape index (κ1) is 15.1. The van der Waals surface area contributed by atoms with Crippen molar-refractivity contribution in [3.05, 3.63) is 16.0 Å². The fraction of sp³-hybridized carbons (Fsp3) is 0.273. The maximum absolute atomic E-state index is 11.9. The standard InChI is InChI=1S/C11H12N6O2S2/c1-2-19-9(18)7-6(5(3-12)8(13)21-7)4-20-11-15-10(14)16-17-11/h2,4,13H2,1H3,(H3,14,15,16,17). The Morgan fingerprint density at radius 3 is 2.90 bits per heavy atom. The SMILES string of the molecule is CCOC(=O)c1sc(N)c(C#N)c1CSc1n[nH]c(N)n1. The van der Waals surface area contributed by atoms with E-state index in [1.807, 2.05) is 6.07 Å². The van der Waals surface area contributed by atoms with Gasteiger partial charge in [0.05, 0.1) is 12.2 Å². The lowest BCUT2D eigenvalue weighted by Crippen LogP contribution is -2.05. The van der Waals surface area contributed by atoms with Gasteiger partial charge in [-0.2, -0.15) is 10.2 Å². The summed E-state index contributed by atoms with van der Waals surface area (Å²) in [7, 11) is 0. The van der Waals surface area contributed by atoms with Crippen LogP contribution in [0.3, 0.4) is 0 Å². The molecule has 0 unspecified atom stereocenters. The zero-order chi connectivity index (χ0) is 15.4. The molecule has 0 saturated carbocycles. The molecular weight excluding hydrogens is 312 g/mol. The second kappa shape index (κ2) is 6.47. The molecule has 0 radical (unpaired) electrons. The topological polar surface area (TPSA) is 144 Å². The van der Waals surface area contributed by atoms with Gasteiger partial charge in [0.15, 0.2) is 0 Å². The summed E-state index contributed by atoms with van der Waals surface area (Å²) in [6.07, 6.45) is 0. The van der Waals surface area contributed by atoms with E-state index in [9.17, 15) is 10.1 Å². The summed E-state index contributed by atoms with van der Waals surface area (Å²) >= 11 is 2.29. The van der Waals surface area contributed by atoms with Gasteiger partial charge in [-0.25, -0.2) is 9.89 Å². The Bertz CT molecular complexity index is 702. The van der Waals surface area contributed by atoms with E-state index < -0.39 is 5.97 Å². The van der Waals surface area contributed by atoms with Crippen LogP contribution in [-0.2, 0) is 10.5 Å².